The summed E-state index contributed by atoms with van der Waals surface area (Å²) in [5.41, 5.74) is 1.66. The fraction of sp³-hybridized carbons (Fsp3) is 0.444. The number of amides is 1. The zero-order valence-electron chi connectivity index (χ0n) is 20.0. The van der Waals surface area contributed by atoms with E-state index in [1.54, 1.807) is 0 Å². The summed E-state index contributed by atoms with van der Waals surface area (Å²) in [4.78, 5) is 40.8. The van der Waals surface area contributed by atoms with E-state index in [9.17, 15) is 19.5 Å². The summed E-state index contributed by atoms with van der Waals surface area (Å²) in [6, 6.07) is 17.2. The number of nitrogens with zero attached hydrogens (tertiary/aromatic N) is 1. The van der Waals surface area contributed by atoms with Gasteiger partial charge in [0.2, 0.25) is 0 Å². The molecule has 3 rings (SSSR count). The number of esters is 1. The number of ketones is 1. The van der Waals surface area contributed by atoms with Crippen LogP contribution in [0.15, 0.2) is 54.6 Å². The number of aryl methyl sites for hydroxylation is 1. The van der Waals surface area contributed by atoms with Crippen LogP contribution in [0, 0.1) is 12.8 Å². The van der Waals surface area contributed by atoms with E-state index in [2.05, 4.69) is 0 Å². The monoisotopic (exact) mass is 467 g/mol. The van der Waals surface area contributed by atoms with Gasteiger partial charge < -0.3 is 14.6 Å². The van der Waals surface area contributed by atoms with E-state index in [1.807, 2.05) is 61.5 Å². The lowest BCUT2D eigenvalue weighted by Gasteiger charge is -2.37. The first-order valence-electron chi connectivity index (χ1n) is 11.6. The van der Waals surface area contributed by atoms with Crippen LogP contribution in [-0.4, -0.2) is 53.1 Å². The predicted octanol–water partition coefficient (Wildman–Crippen LogP) is 3.84. The Morgan fingerprint density at radius 1 is 1.09 bits per heavy atom. The minimum Gasteiger partial charge on any atom is -0.469 e. The van der Waals surface area contributed by atoms with Gasteiger partial charge in [0.05, 0.1) is 19.1 Å². The number of hydrogen-bond acceptors (Lipinski definition) is 6. The molecule has 1 saturated heterocycles. The van der Waals surface area contributed by atoms with Crippen LogP contribution in [0.2, 0.25) is 0 Å². The zero-order valence-corrected chi connectivity index (χ0v) is 20.0. The zero-order chi connectivity index (χ0) is 24.7. The van der Waals surface area contributed by atoms with Crippen molar-refractivity contribution >= 4 is 17.8 Å². The number of aliphatic hydroxyl groups is 1. The minimum atomic E-state index is -1.16. The van der Waals surface area contributed by atoms with Gasteiger partial charge in [-0.15, -0.1) is 0 Å². The number of benzene rings is 2. The summed E-state index contributed by atoms with van der Waals surface area (Å²) < 4.78 is 10.4. The second-order valence-corrected chi connectivity index (χ2v) is 8.99. The Morgan fingerprint density at radius 3 is 2.44 bits per heavy atom. The van der Waals surface area contributed by atoms with Crippen molar-refractivity contribution in [1.29, 1.82) is 0 Å². The Labute approximate surface area is 200 Å². The number of ether oxygens (including phenoxy) is 2. The Hall–Kier alpha value is -3.19. The average molecular weight is 468 g/mol. The molecule has 0 spiro atoms. The molecule has 0 unspecified atom stereocenters. The van der Waals surface area contributed by atoms with Crippen LogP contribution in [0.5, 0.6) is 0 Å². The molecule has 7 heteroatoms. The fourth-order valence-electron chi connectivity index (χ4n) is 4.67. The molecule has 1 fully saturated rings. The van der Waals surface area contributed by atoms with E-state index in [0.717, 1.165) is 16.7 Å². The van der Waals surface area contributed by atoms with E-state index >= 15 is 0 Å². The molecule has 0 aliphatic carbocycles. The van der Waals surface area contributed by atoms with Crippen LogP contribution in [0.4, 0.5) is 4.79 Å². The highest BCUT2D eigenvalue weighted by molar-refractivity contribution is 5.95. The first-order chi connectivity index (χ1) is 16.3. The third-order valence-electron chi connectivity index (χ3n) is 6.50. The molecule has 1 amide bonds. The second kappa shape index (κ2) is 11.3. The molecular formula is C27H33NO6. The Bertz CT molecular complexity index is 1010. The van der Waals surface area contributed by atoms with E-state index in [-0.39, 0.29) is 18.8 Å². The molecule has 2 aromatic rings. The fourth-order valence-corrected chi connectivity index (χ4v) is 4.67. The van der Waals surface area contributed by atoms with Gasteiger partial charge in [0.25, 0.3) is 0 Å². The molecule has 1 aliphatic rings. The highest BCUT2D eigenvalue weighted by atomic mass is 16.6. The highest BCUT2D eigenvalue weighted by Gasteiger charge is 2.51. The minimum absolute atomic E-state index is 0.101. The molecule has 0 saturated carbocycles. The van der Waals surface area contributed by atoms with Crippen LogP contribution >= 0.6 is 0 Å². The number of carbonyl (C=O) groups excluding carboxylic acids is 3. The smallest absolute Gasteiger partial charge is 0.410 e. The molecule has 34 heavy (non-hydrogen) atoms. The summed E-state index contributed by atoms with van der Waals surface area (Å²) in [7, 11) is 1.23. The Balaban J connectivity index is 1.90. The van der Waals surface area contributed by atoms with Gasteiger partial charge in [0.1, 0.15) is 12.1 Å². The first kappa shape index (κ1) is 25.4. The van der Waals surface area contributed by atoms with E-state index in [4.69, 9.17) is 9.47 Å². The third kappa shape index (κ3) is 5.83. The molecule has 0 bridgehead atoms. The summed E-state index contributed by atoms with van der Waals surface area (Å²) in [6.07, 6.45) is -0.453. The summed E-state index contributed by atoms with van der Waals surface area (Å²) in [5, 5.41) is 10.1. The van der Waals surface area contributed by atoms with Crippen molar-refractivity contribution < 1.29 is 29.0 Å². The number of likely N-dealkylation sites (tertiary alicyclic amines) is 1. The maximum Gasteiger partial charge on any atom is 0.410 e. The predicted molar refractivity (Wildman–Crippen MR) is 127 cm³/mol. The first-order valence-corrected chi connectivity index (χ1v) is 11.6. The molecule has 2 aromatic carbocycles. The van der Waals surface area contributed by atoms with Gasteiger partial charge in [0.15, 0.2) is 5.78 Å². The van der Waals surface area contributed by atoms with Crippen molar-refractivity contribution in [3.63, 3.8) is 0 Å². The normalized spacial score (nSPS) is 19.4. The number of aliphatic hydroxyl groups excluding tert-OH is 1. The lowest BCUT2D eigenvalue weighted by molar-refractivity contribution is -0.152. The third-order valence-corrected chi connectivity index (χ3v) is 6.50. The molecule has 3 atom stereocenters. The van der Waals surface area contributed by atoms with E-state index < -0.39 is 29.6 Å². The van der Waals surface area contributed by atoms with Crippen molar-refractivity contribution in [2.45, 2.75) is 57.8 Å². The molecule has 182 valence electrons. The van der Waals surface area contributed by atoms with Crippen molar-refractivity contribution in [3.05, 3.63) is 71.3 Å². The molecule has 0 aromatic heterocycles. The number of hydrogen-bond donors (Lipinski definition) is 1. The maximum absolute atomic E-state index is 13.8. The van der Waals surface area contributed by atoms with Crippen LogP contribution < -0.4 is 0 Å². The maximum atomic E-state index is 13.8. The van der Waals surface area contributed by atoms with Crippen molar-refractivity contribution in [2.24, 2.45) is 5.92 Å². The molecule has 0 radical (unpaired) electrons. The largest absolute Gasteiger partial charge is 0.469 e. The quantitative estimate of drug-likeness (QED) is 0.564. The number of carbonyl (C=O) groups is 3. The van der Waals surface area contributed by atoms with Crippen LogP contribution in [-0.2, 0) is 32.1 Å². The van der Waals surface area contributed by atoms with Crippen molar-refractivity contribution in [3.8, 4) is 0 Å². The SMILES string of the molecule is COC(=O)[C@H](CC(=O)[C@]1(Cc2cccc(C)c2)CCCN1C(=O)OCc1ccccc1)[C@H](C)O. The van der Waals surface area contributed by atoms with Crippen LogP contribution in [0.3, 0.4) is 0 Å². The molecular weight excluding hydrogens is 434 g/mol. The van der Waals surface area contributed by atoms with E-state index in [0.29, 0.717) is 25.8 Å². The topological polar surface area (TPSA) is 93.1 Å². The van der Waals surface area contributed by atoms with E-state index in [1.165, 1.54) is 18.9 Å². The highest BCUT2D eigenvalue weighted by Crippen LogP contribution is 2.37. The van der Waals surface area contributed by atoms with Gasteiger partial charge >= 0.3 is 12.1 Å². The van der Waals surface area contributed by atoms with Crippen molar-refractivity contribution in [1.82, 2.24) is 4.90 Å². The Kier molecular flexibility index (Phi) is 8.45. The lowest BCUT2D eigenvalue weighted by atomic mass is 9.79. The van der Waals surface area contributed by atoms with Gasteiger partial charge in [-0.1, -0.05) is 60.2 Å². The van der Waals surface area contributed by atoms with Crippen LogP contribution in [0.1, 0.15) is 42.9 Å². The molecule has 1 heterocycles. The summed E-state index contributed by atoms with van der Waals surface area (Å²) in [5.74, 6) is -1.93. The van der Waals surface area contributed by atoms with Gasteiger partial charge in [-0.2, -0.15) is 0 Å². The summed E-state index contributed by atoms with van der Waals surface area (Å²) >= 11 is 0. The number of rotatable bonds is 9. The lowest BCUT2D eigenvalue weighted by Crippen LogP contribution is -2.55. The molecule has 7 nitrogen and oxygen atoms in total. The van der Waals surface area contributed by atoms with Gasteiger partial charge in [-0.3, -0.25) is 14.5 Å². The van der Waals surface area contributed by atoms with Gasteiger partial charge in [0, 0.05) is 19.4 Å². The number of methoxy groups -OCH3 is 1. The second-order valence-electron chi connectivity index (χ2n) is 8.99. The number of Topliss-reactive ketones (excluding diaryl/α,β-unsaturated/α-hetero) is 1. The summed E-state index contributed by atoms with van der Waals surface area (Å²) in [6.45, 7) is 3.91. The van der Waals surface area contributed by atoms with Crippen LogP contribution in [0.25, 0.3) is 0 Å². The average Bonchev–Trinajstić information content (AvgIpc) is 3.25. The van der Waals surface area contributed by atoms with Gasteiger partial charge in [-0.25, -0.2) is 4.79 Å². The molecule has 1 N–H and O–H groups in total. The van der Waals surface area contributed by atoms with Gasteiger partial charge in [-0.05, 0) is 37.8 Å². The van der Waals surface area contributed by atoms with Crippen molar-refractivity contribution in [2.75, 3.05) is 13.7 Å². The molecule has 1 aliphatic heterocycles. The standard InChI is InChI=1S/C27H33NO6/c1-19-9-7-12-22(15-19)17-27(24(30)16-23(20(2)29)25(31)33-3)13-8-14-28(27)26(32)34-18-21-10-5-4-6-11-21/h4-7,9-12,15,20,23,29H,8,13-14,16-18H2,1-3H3/t20-,23+,27+/m0/s1. The Morgan fingerprint density at radius 2 is 1.79 bits per heavy atom.